The average molecular weight is 676 g/mol. The molecule has 0 aliphatic rings. The maximum atomic E-state index is 12.4. The van der Waals surface area contributed by atoms with Crippen LogP contribution in [0.1, 0.15) is 11.1 Å². The van der Waals surface area contributed by atoms with Crippen molar-refractivity contribution in [2.45, 2.75) is 24.9 Å². The van der Waals surface area contributed by atoms with E-state index < -0.39 is 34.4 Å². The zero-order valence-corrected chi connectivity index (χ0v) is 20.8. The Hall–Kier alpha value is -1.53. The molecule has 2 atom stereocenters. The molecule has 0 aliphatic carbocycles. The summed E-state index contributed by atoms with van der Waals surface area (Å²) in [6.45, 7) is 0. The predicted molar refractivity (Wildman–Crippen MR) is 127 cm³/mol. The van der Waals surface area contributed by atoms with Gasteiger partial charge in [-0.25, -0.2) is 4.79 Å². The number of rotatable bonds is 9. The molecule has 2 rings (SSSR count). The Morgan fingerprint density at radius 3 is 1.97 bits per heavy atom. The van der Waals surface area contributed by atoms with Crippen LogP contribution in [0.15, 0.2) is 36.4 Å². The summed E-state index contributed by atoms with van der Waals surface area (Å²) in [4.78, 5) is 23.4. The second-order valence-corrected chi connectivity index (χ2v) is 9.77. The van der Waals surface area contributed by atoms with E-state index in [9.17, 15) is 18.0 Å². The highest BCUT2D eigenvalue weighted by atomic mass is 127. The Morgan fingerprint density at radius 1 is 0.968 bits per heavy atom. The summed E-state index contributed by atoms with van der Waals surface area (Å²) < 4.78 is 41.0. The van der Waals surface area contributed by atoms with Gasteiger partial charge in [-0.1, -0.05) is 12.1 Å². The van der Waals surface area contributed by atoms with Gasteiger partial charge in [0.2, 0.25) is 0 Å². The molecule has 168 valence electrons. The van der Waals surface area contributed by atoms with Gasteiger partial charge in [-0.2, -0.15) is 8.42 Å². The first-order valence-electron chi connectivity index (χ1n) is 8.55. The van der Waals surface area contributed by atoms with Gasteiger partial charge in [0.25, 0.3) is 0 Å². The highest BCUT2D eigenvalue weighted by molar-refractivity contribution is 14.1. The molecule has 0 spiro atoms. The van der Waals surface area contributed by atoms with Gasteiger partial charge >= 0.3 is 22.3 Å². The van der Waals surface area contributed by atoms with E-state index in [1.807, 2.05) is 45.2 Å². The number of hydrogen-bond donors (Lipinski definition) is 4. The molecular weight excluding hydrogens is 658 g/mol. The Balaban J connectivity index is 2.04. The minimum atomic E-state index is -4.62. The smallest absolute Gasteiger partial charge is 0.446 e. The number of carbonyl (C=O) groups excluding carboxylic acids is 1. The Morgan fingerprint density at radius 2 is 1.48 bits per heavy atom. The number of halogens is 2. The minimum Gasteiger partial charge on any atom is -0.480 e. The largest absolute Gasteiger partial charge is 0.480 e. The van der Waals surface area contributed by atoms with Gasteiger partial charge in [-0.15, -0.1) is 0 Å². The lowest BCUT2D eigenvalue weighted by molar-refractivity contribution is -0.138. The zero-order valence-electron chi connectivity index (χ0n) is 15.7. The van der Waals surface area contributed by atoms with Crippen molar-refractivity contribution in [1.29, 1.82) is 0 Å². The third kappa shape index (κ3) is 8.15. The van der Waals surface area contributed by atoms with E-state index in [2.05, 4.69) is 4.18 Å². The van der Waals surface area contributed by atoms with E-state index in [1.54, 1.807) is 12.1 Å². The molecule has 0 bridgehead atoms. The second kappa shape index (κ2) is 10.9. The average Bonchev–Trinajstić information content (AvgIpc) is 2.64. The monoisotopic (exact) mass is 676 g/mol. The van der Waals surface area contributed by atoms with Crippen LogP contribution in [0.3, 0.4) is 0 Å². The van der Waals surface area contributed by atoms with E-state index >= 15 is 0 Å². The summed E-state index contributed by atoms with van der Waals surface area (Å²) in [5.74, 6) is -1.56. The van der Waals surface area contributed by atoms with Crippen molar-refractivity contribution in [2.75, 3.05) is 0 Å². The van der Waals surface area contributed by atoms with Crippen LogP contribution in [-0.4, -0.2) is 42.1 Å². The lowest BCUT2D eigenvalue weighted by Crippen LogP contribution is -2.36. The van der Waals surface area contributed by atoms with Gasteiger partial charge in [0.15, 0.2) is 5.75 Å². The summed E-state index contributed by atoms with van der Waals surface area (Å²) in [5, 5.41) is 8.95. The topological polar surface area (TPSA) is 179 Å². The molecule has 0 amide bonds. The van der Waals surface area contributed by atoms with Gasteiger partial charge in [-0.3, -0.25) is 9.35 Å². The number of esters is 1. The molecule has 13 heteroatoms. The highest BCUT2D eigenvalue weighted by Gasteiger charge is 2.21. The van der Waals surface area contributed by atoms with Crippen LogP contribution < -0.4 is 20.4 Å². The lowest BCUT2D eigenvalue weighted by atomic mass is 10.1. The maximum absolute atomic E-state index is 12.4. The maximum Gasteiger partial charge on any atom is 0.446 e. The molecule has 0 aromatic heterocycles. The number of hydrogen-bond acceptors (Lipinski definition) is 8. The van der Waals surface area contributed by atoms with Crippen molar-refractivity contribution in [2.24, 2.45) is 11.5 Å². The van der Waals surface area contributed by atoms with Gasteiger partial charge < -0.3 is 25.5 Å². The van der Waals surface area contributed by atoms with Gasteiger partial charge in [0, 0.05) is 0 Å². The van der Waals surface area contributed by atoms with Crippen molar-refractivity contribution in [1.82, 2.24) is 0 Å². The van der Waals surface area contributed by atoms with Crippen LogP contribution in [-0.2, 0) is 32.8 Å². The van der Waals surface area contributed by atoms with Crippen LogP contribution in [0.5, 0.6) is 11.5 Å². The number of carboxylic acids is 1. The highest BCUT2D eigenvalue weighted by Crippen LogP contribution is 2.30. The van der Waals surface area contributed by atoms with Crippen molar-refractivity contribution in [3.63, 3.8) is 0 Å². The third-order valence-corrected chi connectivity index (χ3v) is 5.92. The number of benzene rings is 2. The number of ether oxygens (including phenoxy) is 1. The number of carbonyl (C=O) groups is 2. The molecule has 0 radical (unpaired) electrons. The fraction of sp³-hybridized carbons (Fsp3) is 0.222. The van der Waals surface area contributed by atoms with Crippen molar-refractivity contribution < 1.29 is 36.6 Å². The molecule has 0 fully saturated rings. The summed E-state index contributed by atoms with van der Waals surface area (Å²) in [6, 6.07) is 6.97. The minimum absolute atomic E-state index is 0.0887. The van der Waals surface area contributed by atoms with E-state index in [1.165, 1.54) is 24.3 Å². The summed E-state index contributed by atoms with van der Waals surface area (Å²) in [5.41, 5.74) is 12.8. The standard InChI is InChI=1S/C18H18I2N2O8S/c19-12-5-10(8-14(21)17(23)24)6-13(20)16(12)29-18(25)15(22)7-9-1-3-11(4-2-9)30-31(26,27)28/h1-6,14-15H,7-8,21-22H2,(H,23,24)(H,26,27,28)/t14-,15-/m0/s1. The first kappa shape index (κ1) is 25.7. The molecule has 0 saturated carbocycles. The normalized spacial score (nSPS) is 13.3. The molecule has 0 saturated heterocycles. The van der Waals surface area contributed by atoms with Crippen molar-refractivity contribution in [3.05, 3.63) is 54.7 Å². The van der Waals surface area contributed by atoms with E-state index in [0.29, 0.717) is 24.0 Å². The van der Waals surface area contributed by atoms with E-state index in [4.69, 9.17) is 25.9 Å². The van der Waals surface area contributed by atoms with Crippen molar-refractivity contribution >= 4 is 67.5 Å². The molecule has 10 nitrogen and oxygen atoms in total. The van der Waals surface area contributed by atoms with E-state index in [-0.39, 0.29) is 18.6 Å². The predicted octanol–water partition coefficient (Wildman–Crippen LogP) is 1.51. The molecule has 6 N–H and O–H groups in total. The fourth-order valence-corrected chi connectivity index (χ4v) is 4.96. The van der Waals surface area contributed by atoms with Crippen molar-refractivity contribution in [3.8, 4) is 11.5 Å². The van der Waals surface area contributed by atoms with Crippen LogP contribution in [0.2, 0.25) is 0 Å². The number of aliphatic carboxylic acids is 1. The van der Waals surface area contributed by atoms with Crippen LogP contribution >= 0.6 is 45.2 Å². The lowest BCUT2D eigenvalue weighted by Gasteiger charge is -2.15. The zero-order chi connectivity index (χ0) is 23.3. The fourth-order valence-electron chi connectivity index (χ4n) is 2.49. The summed E-state index contributed by atoms with van der Waals surface area (Å²) in [6.07, 6.45) is 0.246. The first-order chi connectivity index (χ1) is 14.4. The quantitative estimate of drug-likeness (QED) is 0.132. The Bertz CT molecular complexity index is 1050. The summed E-state index contributed by atoms with van der Waals surface area (Å²) in [7, 11) is -4.62. The second-order valence-electron chi connectivity index (χ2n) is 6.42. The Kier molecular flexibility index (Phi) is 9.02. The molecule has 0 unspecified atom stereocenters. The Labute approximate surface area is 205 Å². The first-order valence-corrected chi connectivity index (χ1v) is 12.1. The van der Waals surface area contributed by atoms with Crippen LogP contribution in [0.4, 0.5) is 0 Å². The molecule has 0 aliphatic heterocycles. The van der Waals surface area contributed by atoms with Crippen LogP contribution in [0, 0.1) is 7.14 Å². The van der Waals surface area contributed by atoms with Gasteiger partial charge in [0.05, 0.1) is 7.14 Å². The molecule has 2 aromatic carbocycles. The molecule has 0 heterocycles. The third-order valence-electron chi connectivity index (χ3n) is 3.92. The van der Waals surface area contributed by atoms with Crippen LogP contribution in [0.25, 0.3) is 0 Å². The summed E-state index contributed by atoms with van der Waals surface area (Å²) >= 11 is 3.95. The van der Waals surface area contributed by atoms with Gasteiger partial charge in [0.1, 0.15) is 17.8 Å². The van der Waals surface area contributed by atoms with Gasteiger partial charge in [-0.05, 0) is 93.4 Å². The molecule has 31 heavy (non-hydrogen) atoms. The van der Waals surface area contributed by atoms with E-state index in [0.717, 1.165) is 0 Å². The molecular formula is C18H18I2N2O8S. The SMILES string of the molecule is N[C@@H](Cc1cc(I)c(OC(=O)[C@@H](N)Cc2ccc(OS(=O)(=O)O)cc2)c(I)c1)C(=O)O. The number of carboxylic acid groups (broad SMARTS) is 1. The molecule has 2 aromatic rings. The number of nitrogens with two attached hydrogens (primary N) is 2.